The molecule has 3 rings (SSSR count). The van der Waals surface area contributed by atoms with Crippen LogP contribution < -0.4 is 9.62 Å². The van der Waals surface area contributed by atoms with Crippen LogP contribution in [0.3, 0.4) is 0 Å². The first kappa shape index (κ1) is 17.4. The van der Waals surface area contributed by atoms with Gasteiger partial charge in [-0.15, -0.1) is 0 Å². The number of sulfonamides is 1. The van der Waals surface area contributed by atoms with Crippen LogP contribution in [0, 0.1) is 5.82 Å². The highest BCUT2D eigenvalue weighted by molar-refractivity contribution is 7.92. The van der Waals surface area contributed by atoms with Crippen molar-refractivity contribution < 1.29 is 17.6 Å². The van der Waals surface area contributed by atoms with Gasteiger partial charge in [-0.2, -0.15) is 0 Å². The van der Waals surface area contributed by atoms with Gasteiger partial charge in [-0.3, -0.25) is 9.10 Å². The van der Waals surface area contributed by atoms with Crippen molar-refractivity contribution in [3.05, 3.63) is 59.4 Å². The summed E-state index contributed by atoms with van der Waals surface area (Å²) in [6, 6.07) is 10.6. The molecular formula is C18H19FN2O3S. The van der Waals surface area contributed by atoms with E-state index in [0.29, 0.717) is 17.9 Å². The quantitative estimate of drug-likeness (QED) is 0.908. The van der Waals surface area contributed by atoms with Gasteiger partial charge < -0.3 is 5.32 Å². The average molecular weight is 362 g/mol. The number of rotatable bonds is 4. The van der Waals surface area contributed by atoms with Gasteiger partial charge in [-0.25, -0.2) is 12.8 Å². The molecule has 0 unspecified atom stereocenters. The molecule has 2 aromatic rings. The van der Waals surface area contributed by atoms with Crippen molar-refractivity contribution in [2.24, 2.45) is 0 Å². The molecular weight excluding hydrogens is 343 g/mol. The summed E-state index contributed by atoms with van der Waals surface area (Å²) < 4.78 is 39.3. The second kappa shape index (κ2) is 6.84. The van der Waals surface area contributed by atoms with Crippen molar-refractivity contribution in [1.29, 1.82) is 0 Å². The highest BCUT2D eigenvalue weighted by atomic mass is 32.2. The van der Waals surface area contributed by atoms with Crippen molar-refractivity contribution in [1.82, 2.24) is 0 Å². The molecule has 0 spiro atoms. The molecule has 0 atom stereocenters. The van der Waals surface area contributed by atoms with Crippen molar-refractivity contribution >= 4 is 27.3 Å². The van der Waals surface area contributed by atoms with Crippen LogP contribution >= 0.6 is 0 Å². The predicted molar refractivity (Wildman–Crippen MR) is 95.9 cm³/mol. The number of halogens is 1. The minimum absolute atomic E-state index is 0.0202. The van der Waals surface area contributed by atoms with Crippen LogP contribution in [0.2, 0.25) is 0 Å². The lowest BCUT2D eigenvalue weighted by Gasteiger charge is -2.30. The molecule has 0 bridgehead atoms. The smallest absolute Gasteiger partial charge is 0.255 e. The van der Waals surface area contributed by atoms with Crippen LogP contribution in [0.5, 0.6) is 0 Å². The van der Waals surface area contributed by atoms with Crippen molar-refractivity contribution in [2.45, 2.75) is 19.8 Å². The summed E-state index contributed by atoms with van der Waals surface area (Å²) >= 11 is 0. The van der Waals surface area contributed by atoms with E-state index in [1.165, 1.54) is 22.5 Å². The SMILES string of the molecule is CCS(=O)(=O)N1CCCc2ccc(NC(=O)c3cccc(F)c3)cc21. The predicted octanol–water partition coefficient (Wildman–Crippen LogP) is 3.18. The van der Waals surface area contributed by atoms with E-state index in [-0.39, 0.29) is 11.3 Å². The lowest BCUT2D eigenvalue weighted by molar-refractivity contribution is 0.102. The lowest BCUT2D eigenvalue weighted by Crippen LogP contribution is -2.36. The Morgan fingerprint density at radius 1 is 1.24 bits per heavy atom. The molecule has 7 heteroatoms. The normalized spacial score (nSPS) is 14.1. The number of nitrogens with one attached hydrogen (secondary N) is 1. The second-order valence-electron chi connectivity index (χ2n) is 5.88. The van der Waals surface area contributed by atoms with E-state index in [4.69, 9.17) is 0 Å². The van der Waals surface area contributed by atoms with E-state index in [0.717, 1.165) is 24.5 Å². The van der Waals surface area contributed by atoms with E-state index in [2.05, 4.69) is 5.32 Å². The maximum atomic E-state index is 13.3. The van der Waals surface area contributed by atoms with E-state index in [1.807, 2.05) is 6.07 Å². The Bertz CT molecular complexity index is 912. The summed E-state index contributed by atoms with van der Waals surface area (Å²) in [5, 5.41) is 2.70. The number of carbonyl (C=O) groups excluding carboxylic acids is 1. The Labute approximate surface area is 146 Å². The molecule has 0 saturated carbocycles. The Hall–Kier alpha value is -2.41. The molecule has 0 fully saturated rings. The third kappa shape index (κ3) is 3.66. The molecule has 5 nitrogen and oxygen atoms in total. The number of fused-ring (bicyclic) bond motifs is 1. The van der Waals surface area contributed by atoms with Crippen LogP contribution in [0.1, 0.15) is 29.3 Å². The van der Waals surface area contributed by atoms with Gasteiger partial charge in [0.2, 0.25) is 10.0 Å². The van der Waals surface area contributed by atoms with Crippen LogP contribution in [0.4, 0.5) is 15.8 Å². The van der Waals surface area contributed by atoms with Crippen molar-refractivity contribution in [3.8, 4) is 0 Å². The number of hydrogen-bond acceptors (Lipinski definition) is 3. The highest BCUT2D eigenvalue weighted by Gasteiger charge is 2.26. The third-order valence-electron chi connectivity index (χ3n) is 4.21. The monoisotopic (exact) mass is 362 g/mol. The van der Waals surface area contributed by atoms with Crippen LogP contribution in [0.15, 0.2) is 42.5 Å². The fraction of sp³-hybridized carbons (Fsp3) is 0.278. The van der Waals surface area contributed by atoms with Crippen molar-refractivity contribution in [2.75, 3.05) is 21.9 Å². The van der Waals surface area contributed by atoms with Crippen LogP contribution in [-0.4, -0.2) is 26.6 Å². The number of hydrogen-bond donors (Lipinski definition) is 1. The first-order valence-corrected chi connectivity index (χ1v) is 9.72. The van der Waals surface area contributed by atoms with Crippen LogP contribution in [0.25, 0.3) is 0 Å². The van der Waals surface area contributed by atoms with E-state index in [1.54, 1.807) is 19.1 Å². The highest BCUT2D eigenvalue weighted by Crippen LogP contribution is 2.32. The zero-order chi connectivity index (χ0) is 18.0. The maximum Gasteiger partial charge on any atom is 0.255 e. The van der Waals surface area contributed by atoms with Gasteiger partial charge in [0.15, 0.2) is 0 Å². The molecule has 0 radical (unpaired) electrons. The Morgan fingerprint density at radius 3 is 2.76 bits per heavy atom. The molecule has 1 aliphatic heterocycles. The number of anilines is 2. The number of amides is 1. The molecule has 1 heterocycles. The fourth-order valence-corrected chi connectivity index (χ4v) is 4.09. The Morgan fingerprint density at radius 2 is 2.04 bits per heavy atom. The first-order chi connectivity index (χ1) is 11.9. The number of aryl methyl sites for hydroxylation is 1. The van der Waals surface area contributed by atoms with Gasteiger partial charge >= 0.3 is 0 Å². The topological polar surface area (TPSA) is 66.5 Å². The first-order valence-electron chi connectivity index (χ1n) is 8.11. The Kier molecular flexibility index (Phi) is 4.76. The Balaban J connectivity index is 1.90. The molecule has 132 valence electrons. The van der Waals surface area contributed by atoms with E-state index >= 15 is 0 Å². The summed E-state index contributed by atoms with van der Waals surface area (Å²) in [5.41, 5.74) is 2.22. The standard InChI is InChI=1S/C18H19FN2O3S/c1-2-25(23,24)21-10-4-6-13-8-9-16(12-17(13)21)20-18(22)14-5-3-7-15(19)11-14/h3,5,7-9,11-12H,2,4,6,10H2,1H3,(H,20,22). The minimum Gasteiger partial charge on any atom is -0.322 e. The molecule has 1 amide bonds. The molecule has 0 aromatic heterocycles. The fourth-order valence-electron chi connectivity index (χ4n) is 2.90. The van der Waals surface area contributed by atoms with Gasteiger partial charge in [-0.05, 0) is 55.7 Å². The molecule has 25 heavy (non-hydrogen) atoms. The van der Waals surface area contributed by atoms with Crippen molar-refractivity contribution in [3.63, 3.8) is 0 Å². The average Bonchev–Trinajstić information content (AvgIpc) is 2.61. The zero-order valence-corrected chi connectivity index (χ0v) is 14.6. The van der Waals surface area contributed by atoms with Gasteiger partial charge in [-0.1, -0.05) is 12.1 Å². The van der Waals surface area contributed by atoms with Gasteiger partial charge in [0.25, 0.3) is 5.91 Å². The lowest BCUT2D eigenvalue weighted by atomic mass is 10.0. The third-order valence-corrected chi connectivity index (χ3v) is 5.99. The number of nitrogens with zero attached hydrogens (tertiary/aromatic N) is 1. The molecule has 1 N–H and O–H groups in total. The summed E-state index contributed by atoms with van der Waals surface area (Å²) in [7, 11) is -3.37. The van der Waals surface area contributed by atoms with E-state index in [9.17, 15) is 17.6 Å². The largest absolute Gasteiger partial charge is 0.322 e. The zero-order valence-electron chi connectivity index (χ0n) is 13.8. The molecule has 0 aliphatic carbocycles. The molecule has 2 aromatic carbocycles. The van der Waals surface area contributed by atoms with Gasteiger partial charge in [0.05, 0.1) is 11.4 Å². The maximum absolute atomic E-state index is 13.3. The summed E-state index contributed by atoms with van der Waals surface area (Å²) in [6.07, 6.45) is 1.56. The van der Waals surface area contributed by atoms with Gasteiger partial charge in [0.1, 0.15) is 5.82 Å². The second-order valence-corrected chi connectivity index (χ2v) is 8.07. The summed E-state index contributed by atoms with van der Waals surface area (Å²) in [4.78, 5) is 12.3. The number of benzene rings is 2. The summed E-state index contributed by atoms with van der Waals surface area (Å²) in [6.45, 7) is 2.05. The van der Waals surface area contributed by atoms with Crippen LogP contribution in [-0.2, 0) is 16.4 Å². The van der Waals surface area contributed by atoms with Gasteiger partial charge in [0, 0.05) is 17.8 Å². The van der Waals surface area contributed by atoms with E-state index < -0.39 is 21.7 Å². The molecule has 1 aliphatic rings. The minimum atomic E-state index is -3.37. The summed E-state index contributed by atoms with van der Waals surface area (Å²) in [5.74, 6) is -0.912. The number of carbonyl (C=O) groups is 1. The molecule has 0 saturated heterocycles.